The zero-order chi connectivity index (χ0) is 39.7. The van der Waals surface area contributed by atoms with Crippen LogP contribution in [0.4, 0.5) is 17.1 Å². The minimum atomic E-state index is 0.968. The molecular formula is C53H57N5. The van der Waals surface area contributed by atoms with Gasteiger partial charge in [-0.15, -0.1) is 0 Å². The standard InChI is InChI=1S/C53H57N5/c1-4-7-12-23-42-45-30-32-47(54-45)43(24-13-8-5-2)49-34-36-51(56-49)53(52-37-35-50(57-52)44(25-14-9-6-3)48-33-31-46(42)55-48)38-26-28-41(29-27-38)58(39-19-15-10-16-20-39)40-21-17-11-18-22-40/h10-11,15-22,26-37,54,57H,4-9,12-14,23-25H2,1-3H3. The number of unbranched alkanes of at least 4 members (excludes halogenated alkanes) is 6. The average molecular weight is 764 g/mol. The maximum Gasteiger partial charge on any atom is 0.0737 e. The SMILES string of the molecule is CCCCCc1c2nc(c(CCCCC)c3ccc([nH]3)c(-c3ccc(N(c4ccccc4)c4ccccc4)cc3)c3nc(c(CCCCC)c4ccc1[nH]4)C=C3)C=C2. The molecule has 0 aliphatic carbocycles. The molecule has 0 unspecified atom stereocenters. The molecule has 6 aromatic rings. The Hall–Kier alpha value is -5.94. The Morgan fingerprint density at radius 2 is 0.776 bits per heavy atom. The van der Waals surface area contributed by atoms with E-state index in [0.29, 0.717) is 0 Å². The van der Waals surface area contributed by atoms with Gasteiger partial charge in [0, 0.05) is 61.4 Å². The topological polar surface area (TPSA) is 60.6 Å². The van der Waals surface area contributed by atoms with Crippen LogP contribution in [-0.2, 0) is 19.3 Å². The molecule has 3 aromatic carbocycles. The van der Waals surface area contributed by atoms with Gasteiger partial charge < -0.3 is 14.9 Å². The van der Waals surface area contributed by atoms with Crippen molar-refractivity contribution < 1.29 is 0 Å². The Morgan fingerprint density at radius 1 is 0.397 bits per heavy atom. The summed E-state index contributed by atoms with van der Waals surface area (Å²) in [6.07, 6.45) is 22.4. The molecule has 8 rings (SSSR count). The smallest absolute Gasteiger partial charge is 0.0737 e. The molecule has 2 aliphatic heterocycles. The van der Waals surface area contributed by atoms with Crippen LogP contribution in [0.5, 0.6) is 0 Å². The fourth-order valence-corrected chi connectivity index (χ4v) is 8.51. The second kappa shape index (κ2) is 18.5. The van der Waals surface area contributed by atoms with Crippen LogP contribution in [0, 0.1) is 0 Å². The van der Waals surface area contributed by atoms with Crippen molar-refractivity contribution in [1.29, 1.82) is 0 Å². The molecule has 0 saturated carbocycles. The van der Waals surface area contributed by atoms with Crippen molar-refractivity contribution in [1.82, 2.24) is 19.9 Å². The number of aromatic nitrogens is 4. The Kier molecular flexibility index (Phi) is 12.4. The summed E-state index contributed by atoms with van der Waals surface area (Å²) in [6, 6.07) is 39.3. The molecule has 294 valence electrons. The van der Waals surface area contributed by atoms with Gasteiger partial charge in [0.2, 0.25) is 0 Å². The number of anilines is 3. The van der Waals surface area contributed by atoms with Crippen LogP contribution in [0.15, 0.2) is 109 Å². The number of rotatable bonds is 16. The normalized spacial score (nSPS) is 12.1. The number of nitrogens with one attached hydrogen (secondary N) is 2. The first kappa shape index (κ1) is 38.9. The van der Waals surface area contributed by atoms with Crippen molar-refractivity contribution in [2.75, 3.05) is 4.90 Å². The molecule has 0 atom stereocenters. The van der Waals surface area contributed by atoms with E-state index in [1.807, 2.05) is 0 Å². The molecule has 5 nitrogen and oxygen atoms in total. The zero-order valence-corrected chi connectivity index (χ0v) is 34.5. The first-order chi connectivity index (χ1) is 28.6. The van der Waals surface area contributed by atoms with Crippen molar-refractivity contribution in [3.8, 4) is 11.1 Å². The van der Waals surface area contributed by atoms with E-state index in [1.54, 1.807) is 0 Å². The molecule has 3 aromatic heterocycles. The number of nitrogens with zero attached hydrogens (tertiary/aromatic N) is 3. The van der Waals surface area contributed by atoms with Gasteiger partial charge in [-0.3, -0.25) is 0 Å². The summed E-state index contributed by atoms with van der Waals surface area (Å²) in [6.45, 7) is 6.83. The van der Waals surface area contributed by atoms with Gasteiger partial charge in [-0.1, -0.05) is 108 Å². The van der Waals surface area contributed by atoms with Gasteiger partial charge in [-0.2, -0.15) is 0 Å². The lowest BCUT2D eigenvalue weighted by molar-refractivity contribution is 0.715. The molecule has 0 fully saturated rings. The lowest BCUT2D eigenvalue weighted by Gasteiger charge is -2.25. The Bertz CT molecular complexity index is 2490. The largest absolute Gasteiger partial charge is 0.355 e. The van der Waals surface area contributed by atoms with Crippen LogP contribution in [0.1, 0.15) is 118 Å². The van der Waals surface area contributed by atoms with Gasteiger partial charge in [0.05, 0.1) is 22.8 Å². The zero-order valence-electron chi connectivity index (χ0n) is 34.5. The maximum absolute atomic E-state index is 5.50. The fraction of sp³-hybridized carbons (Fsp3) is 0.283. The lowest BCUT2D eigenvalue weighted by Crippen LogP contribution is -2.09. The van der Waals surface area contributed by atoms with E-state index in [1.165, 1.54) is 60.7 Å². The second-order valence-corrected chi connectivity index (χ2v) is 15.7. The Morgan fingerprint density at radius 3 is 1.22 bits per heavy atom. The summed E-state index contributed by atoms with van der Waals surface area (Å²) in [5, 5.41) is 0. The molecule has 0 radical (unpaired) electrons. The van der Waals surface area contributed by atoms with E-state index >= 15 is 0 Å². The molecule has 0 spiro atoms. The molecule has 2 aliphatic rings. The number of para-hydroxylation sites is 2. The number of hydrogen-bond donors (Lipinski definition) is 2. The van der Waals surface area contributed by atoms with E-state index in [-0.39, 0.29) is 0 Å². The summed E-state index contributed by atoms with van der Waals surface area (Å²) < 4.78 is 0. The third-order valence-electron chi connectivity index (χ3n) is 11.6. The van der Waals surface area contributed by atoms with Crippen LogP contribution >= 0.6 is 0 Å². The van der Waals surface area contributed by atoms with Crippen LogP contribution in [0.25, 0.3) is 57.5 Å². The van der Waals surface area contributed by atoms with Crippen molar-refractivity contribution >= 4 is 63.4 Å². The number of hydrogen-bond acceptors (Lipinski definition) is 3. The monoisotopic (exact) mass is 763 g/mol. The van der Waals surface area contributed by atoms with Crippen molar-refractivity contribution in [3.05, 3.63) is 149 Å². The van der Waals surface area contributed by atoms with Crippen LogP contribution in [0.3, 0.4) is 0 Å². The molecule has 8 bridgehead atoms. The highest BCUT2D eigenvalue weighted by atomic mass is 15.1. The molecule has 58 heavy (non-hydrogen) atoms. The van der Waals surface area contributed by atoms with E-state index in [0.717, 1.165) is 106 Å². The van der Waals surface area contributed by atoms with E-state index in [9.17, 15) is 0 Å². The fourth-order valence-electron chi connectivity index (χ4n) is 8.51. The minimum absolute atomic E-state index is 0.968. The van der Waals surface area contributed by atoms with Crippen molar-refractivity contribution in [3.63, 3.8) is 0 Å². The Labute approximate surface area is 344 Å². The highest BCUT2D eigenvalue weighted by Gasteiger charge is 2.18. The minimum Gasteiger partial charge on any atom is -0.355 e. The van der Waals surface area contributed by atoms with Gasteiger partial charge in [0.15, 0.2) is 0 Å². The van der Waals surface area contributed by atoms with Gasteiger partial charge >= 0.3 is 0 Å². The van der Waals surface area contributed by atoms with Crippen LogP contribution in [0.2, 0.25) is 0 Å². The molecule has 5 heteroatoms. The number of aromatic amines is 2. The summed E-state index contributed by atoms with van der Waals surface area (Å²) >= 11 is 0. The third-order valence-corrected chi connectivity index (χ3v) is 11.6. The van der Waals surface area contributed by atoms with Crippen molar-refractivity contribution in [2.24, 2.45) is 0 Å². The van der Waals surface area contributed by atoms with Crippen molar-refractivity contribution in [2.45, 2.75) is 97.8 Å². The predicted molar refractivity (Wildman–Crippen MR) is 249 cm³/mol. The first-order valence-corrected chi connectivity index (χ1v) is 21.8. The number of H-pyrrole nitrogens is 2. The third kappa shape index (κ3) is 8.50. The van der Waals surface area contributed by atoms with E-state index < -0.39 is 0 Å². The molecule has 2 N–H and O–H groups in total. The number of benzene rings is 3. The lowest BCUT2D eigenvalue weighted by atomic mass is 10.0. The molecule has 0 amide bonds. The summed E-state index contributed by atoms with van der Waals surface area (Å²) in [7, 11) is 0. The maximum atomic E-state index is 5.50. The van der Waals surface area contributed by atoms with E-state index in [4.69, 9.17) is 9.97 Å². The number of fused-ring (bicyclic) bond motifs is 8. The molecule has 5 heterocycles. The summed E-state index contributed by atoms with van der Waals surface area (Å²) in [4.78, 5) is 21.1. The quantitative estimate of drug-likeness (QED) is 0.0964. The predicted octanol–water partition coefficient (Wildman–Crippen LogP) is 15.0. The molecular weight excluding hydrogens is 707 g/mol. The Balaban J connectivity index is 1.36. The highest BCUT2D eigenvalue weighted by Crippen LogP contribution is 2.38. The van der Waals surface area contributed by atoms with Gasteiger partial charge in [-0.25, -0.2) is 9.97 Å². The van der Waals surface area contributed by atoms with Crippen LogP contribution in [-0.4, -0.2) is 19.9 Å². The van der Waals surface area contributed by atoms with Gasteiger partial charge in [0.25, 0.3) is 0 Å². The number of aryl methyl sites for hydroxylation is 3. The average Bonchev–Trinajstić information content (AvgIpc) is 4.11. The van der Waals surface area contributed by atoms with E-state index in [2.05, 4.69) is 169 Å². The first-order valence-electron chi connectivity index (χ1n) is 21.8. The molecule has 0 saturated heterocycles. The second-order valence-electron chi connectivity index (χ2n) is 15.7. The summed E-state index contributed by atoms with van der Waals surface area (Å²) in [5.74, 6) is 0. The van der Waals surface area contributed by atoms with Gasteiger partial charge in [-0.05, 0) is 129 Å². The van der Waals surface area contributed by atoms with Gasteiger partial charge in [0.1, 0.15) is 0 Å². The van der Waals surface area contributed by atoms with Crippen LogP contribution < -0.4 is 4.90 Å². The highest BCUT2D eigenvalue weighted by molar-refractivity contribution is 5.93. The summed E-state index contributed by atoms with van der Waals surface area (Å²) in [5.41, 5.74) is 18.1.